The van der Waals surface area contributed by atoms with Crippen LogP contribution in [-0.4, -0.2) is 62.7 Å². The van der Waals surface area contributed by atoms with Crippen molar-refractivity contribution in [3.05, 3.63) is 35.9 Å². The van der Waals surface area contributed by atoms with E-state index in [9.17, 15) is 18.5 Å². The Hall–Kier alpha value is -2.90. The molecule has 4 fully saturated rings. The fourth-order valence-corrected chi connectivity index (χ4v) is 7.65. The van der Waals surface area contributed by atoms with Crippen LogP contribution >= 0.6 is 0 Å². The SMILES string of the molecule is CC1(c2nc(-c3ccccc3N3CCS(=O)(=O)CC3)c([C@@H]3CCCC[C@H]3C(=O)NC3(C#N)CC3)o2)CCOCC1. The number of carbonyl (C=O) groups excluding carboxylic acids is 1. The number of nitrogens with one attached hydrogen (secondary N) is 1. The van der Waals surface area contributed by atoms with Crippen molar-refractivity contribution < 1.29 is 22.4 Å². The van der Waals surface area contributed by atoms with E-state index in [4.69, 9.17) is 14.1 Å². The Morgan fingerprint density at radius 1 is 1.10 bits per heavy atom. The number of anilines is 1. The number of hydrogen-bond acceptors (Lipinski definition) is 8. The van der Waals surface area contributed by atoms with E-state index >= 15 is 0 Å². The quantitative estimate of drug-likeness (QED) is 0.554. The van der Waals surface area contributed by atoms with Crippen LogP contribution in [-0.2, 0) is 24.8 Å². The highest BCUT2D eigenvalue weighted by Gasteiger charge is 2.48. The third-order valence-electron chi connectivity index (χ3n) is 9.38. The van der Waals surface area contributed by atoms with Gasteiger partial charge in [-0.2, -0.15) is 5.26 Å². The zero-order chi connectivity index (χ0) is 28.0. The van der Waals surface area contributed by atoms with Crippen molar-refractivity contribution in [2.75, 3.05) is 42.7 Å². The third-order valence-corrected chi connectivity index (χ3v) is 11.0. The number of benzene rings is 1. The van der Waals surface area contributed by atoms with Gasteiger partial charge in [-0.1, -0.05) is 38.0 Å². The molecule has 2 atom stereocenters. The van der Waals surface area contributed by atoms with Crippen molar-refractivity contribution in [2.24, 2.45) is 5.92 Å². The summed E-state index contributed by atoms with van der Waals surface area (Å²) in [5, 5.41) is 12.6. The molecule has 0 radical (unpaired) electrons. The van der Waals surface area contributed by atoms with Gasteiger partial charge in [-0.15, -0.1) is 0 Å². The number of amides is 1. The standard InChI is InChI=1S/C30H38N4O5S/c1-29(12-16-38-17-13-29)28-32-25(23-8-4-5-9-24(23)34-14-18-40(36,37)19-15-34)26(39-28)21-6-2-3-7-22(21)27(35)33-30(20-31)10-11-30/h4-5,8-9,21-22H,2-3,6-7,10-19H2,1H3,(H,33,35)/t21-,22-/m1/s1. The summed E-state index contributed by atoms with van der Waals surface area (Å²) in [4.78, 5) is 20.9. The number of nitrogens with zero attached hydrogens (tertiary/aromatic N) is 3. The summed E-state index contributed by atoms with van der Waals surface area (Å²) in [7, 11) is -3.03. The maximum absolute atomic E-state index is 13.6. The molecule has 0 unspecified atom stereocenters. The second-order valence-electron chi connectivity index (χ2n) is 12.2. The summed E-state index contributed by atoms with van der Waals surface area (Å²) in [6.45, 7) is 4.32. The molecule has 2 aromatic rings. The van der Waals surface area contributed by atoms with Gasteiger partial charge < -0.3 is 19.4 Å². The maximum atomic E-state index is 13.6. The lowest BCUT2D eigenvalue weighted by molar-refractivity contribution is -0.127. The average Bonchev–Trinajstić information content (AvgIpc) is 3.59. The van der Waals surface area contributed by atoms with Gasteiger partial charge in [-0.05, 0) is 44.6 Å². The molecule has 1 N–H and O–H groups in total. The first-order valence-electron chi connectivity index (χ1n) is 14.6. The molecule has 2 aliphatic heterocycles. The van der Waals surface area contributed by atoms with Crippen LogP contribution in [0.1, 0.15) is 75.9 Å². The van der Waals surface area contributed by atoms with Crippen LogP contribution < -0.4 is 10.2 Å². The van der Waals surface area contributed by atoms with Crippen molar-refractivity contribution in [1.29, 1.82) is 5.26 Å². The van der Waals surface area contributed by atoms with Crippen LogP contribution in [0.15, 0.2) is 28.7 Å². The average molecular weight is 567 g/mol. The molecule has 2 aliphatic carbocycles. The Labute approximate surface area is 236 Å². The lowest BCUT2D eigenvalue weighted by Crippen LogP contribution is -2.42. The van der Waals surface area contributed by atoms with Crippen LogP contribution in [0.2, 0.25) is 0 Å². The molecule has 1 aromatic carbocycles. The molecule has 0 spiro atoms. The predicted octanol–water partition coefficient (Wildman–Crippen LogP) is 4.09. The minimum absolute atomic E-state index is 0.0700. The predicted molar refractivity (Wildman–Crippen MR) is 151 cm³/mol. The first kappa shape index (κ1) is 27.3. The van der Waals surface area contributed by atoms with E-state index < -0.39 is 15.4 Å². The van der Waals surface area contributed by atoms with Crippen LogP contribution in [0.3, 0.4) is 0 Å². The van der Waals surface area contributed by atoms with Crippen LogP contribution in [0.5, 0.6) is 0 Å². The zero-order valence-corrected chi connectivity index (χ0v) is 24.0. The van der Waals surface area contributed by atoms with Gasteiger partial charge in [0.1, 0.15) is 17.0 Å². The molecule has 6 rings (SSSR count). The number of rotatable bonds is 6. The first-order valence-corrected chi connectivity index (χ1v) is 16.4. The second-order valence-corrected chi connectivity index (χ2v) is 14.5. The number of nitriles is 1. The van der Waals surface area contributed by atoms with Crippen LogP contribution in [0.25, 0.3) is 11.3 Å². The van der Waals surface area contributed by atoms with Crippen molar-refractivity contribution in [2.45, 2.75) is 75.2 Å². The minimum Gasteiger partial charge on any atom is -0.444 e. The Morgan fingerprint density at radius 2 is 1.80 bits per heavy atom. The molecule has 3 heterocycles. The van der Waals surface area contributed by atoms with Crippen LogP contribution in [0, 0.1) is 17.2 Å². The maximum Gasteiger partial charge on any atom is 0.225 e. The van der Waals surface area contributed by atoms with Gasteiger partial charge in [0.15, 0.2) is 9.84 Å². The fourth-order valence-electron chi connectivity index (χ4n) is 6.45. The van der Waals surface area contributed by atoms with Gasteiger partial charge in [-0.25, -0.2) is 13.4 Å². The molecular weight excluding hydrogens is 528 g/mol. The van der Waals surface area contributed by atoms with E-state index in [1.54, 1.807) is 0 Å². The van der Waals surface area contributed by atoms with Gasteiger partial charge >= 0.3 is 0 Å². The smallest absolute Gasteiger partial charge is 0.225 e. The summed E-state index contributed by atoms with van der Waals surface area (Å²) in [5.74, 6) is 1.15. The lowest BCUT2D eigenvalue weighted by Gasteiger charge is -2.32. The topological polar surface area (TPSA) is 126 Å². The summed E-state index contributed by atoms with van der Waals surface area (Å²) in [6.07, 6.45) is 6.50. The molecule has 0 bridgehead atoms. The van der Waals surface area contributed by atoms with Crippen molar-refractivity contribution in [3.63, 3.8) is 0 Å². The van der Waals surface area contributed by atoms with E-state index in [1.807, 2.05) is 24.3 Å². The molecule has 2 saturated carbocycles. The molecular formula is C30H38N4O5S. The third kappa shape index (κ3) is 5.26. The van der Waals surface area contributed by atoms with Crippen LogP contribution in [0.4, 0.5) is 5.69 Å². The number of para-hydroxylation sites is 1. The molecule has 40 heavy (non-hydrogen) atoms. The molecule has 10 heteroatoms. The van der Waals surface area contributed by atoms with Gasteiger partial charge in [0.2, 0.25) is 11.8 Å². The van der Waals surface area contributed by atoms with Gasteiger partial charge in [0, 0.05) is 54.8 Å². The highest BCUT2D eigenvalue weighted by atomic mass is 32.2. The van der Waals surface area contributed by atoms with E-state index in [1.165, 1.54) is 0 Å². The Balaban J connectivity index is 1.42. The monoisotopic (exact) mass is 566 g/mol. The number of aromatic nitrogens is 1. The van der Waals surface area contributed by atoms with Gasteiger partial charge in [0.25, 0.3) is 0 Å². The number of ether oxygens (including phenoxy) is 1. The number of oxazole rings is 1. The van der Waals surface area contributed by atoms with E-state index in [0.29, 0.717) is 45.0 Å². The Kier molecular flexibility index (Phi) is 7.16. The summed E-state index contributed by atoms with van der Waals surface area (Å²) < 4.78 is 36.7. The molecule has 4 aliphatic rings. The molecule has 1 aromatic heterocycles. The van der Waals surface area contributed by atoms with Crippen molar-refractivity contribution >= 4 is 21.4 Å². The molecule has 2 saturated heterocycles. The normalized spacial score (nSPS) is 26.9. The molecule has 9 nitrogen and oxygen atoms in total. The summed E-state index contributed by atoms with van der Waals surface area (Å²) >= 11 is 0. The Bertz CT molecular complexity index is 1400. The van der Waals surface area contributed by atoms with E-state index in [-0.39, 0.29) is 34.7 Å². The lowest BCUT2D eigenvalue weighted by atomic mass is 9.76. The van der Waals surface area contributed by atoms with Gasteiger partial charge in [-0.3, -0.25) is 4.79 Å². The largest absolute Gasteiger partial charge is 0.444 e. The summed E-state index contributed by atoms with van der Waals surface area (Å²) in [6, 6.07) is 10.3. The fraction of sp³-hybridized carbons (Fsp3) is 0.633. The number of carbonyl (C=O) groups is 1. The van der Waals surface area contributed by atoms with Gasteiger partial charge in [0.05, 0.1) is 17.6 Å². The van der Waals surface area contributed by atoms with Crippen molar-refractivity contribution in [1.82, 2.24) is 10.3 Å². The first-order chi connectivity index (χ1) is 19.2. The van der Waals surface area contributed by atoms with Crippen molar-refractivity contribution in [3.8, 4) is 17.3 Å². The second kappa shape index (κ2) is 10.5. The van der Waals surface area contributed by atoms with E-state index in [2.05, 4.69) is 23.2 Å². The molecule has 214 valence electrons. The minimum atomic E-state index is -3.03. The zero-order valence-electron chi connectivity index (χ0n) is 23.2. The summed E-state index contributed by atoms with van der Waals surface area (Å²) in [5.41, 5.74) is 1.60. The number of hydrogen-bond donors (Lipinski definition) is 1. The molecule has 1 amide bonds. The Morgan fingerprint density at radius 3 is 2.50 bits per heavy atom. The van der Waals surface area contributed by atoms with E-state index in [0.717, 1.165) is 61.2 Å². The number of sulfone groups is 1. The highest BCUT2D eigenvalue weighted by molar-refractivity contribution is 7.91. The highest BCUT2D eigenvalue weighted by Crippen LogP contribution is 2.47.